The van der Waals surface area contributed by atoms with Gasteiger partial charge in [0.1, 0.15) is 48.8 Å². The van der Waals surface area contributed by atoms with Crippen molar-refractivity contribution in [3.8, 4) is 0 Å². The molecule has 2 fully saturated rings. The van der Waals surface area contributed by atoms with Gasteiger partial charge in [-0.05, 0) is 83.5 Å². The second-order valence-electron chi connectivity index (χ2n) is 22.5. The highest BCUT2D eigenvalue weighted by atomic mass is 16.7. The average Bonchev–Trinajstić information content (AvgIpc) is 3.64. The molecule has 1 amide bonds. The third-order valence-electron chi connectivity index (χ3n) is 15.2. The highest BCUT2D eigenvalue weighted by Crippen LogP contribution is 2.30. The molecular weight excluding hydrogens is 1050 g/mol. The number of hydrogen-bond acceptors (Lipinski definition) is 13. The van der Waals surface area contributed by atoms with E-state index < -0.39 is 86.8 Å². The summed E-state index contributed by atoms with van der Waals surface area (Å²) in [7, 11) is 0. The number of ether oxygens (including phenoxy) is 4. The van der Waals surface area contributed by atoms with Crippen molar-refractivity contribution in [1.29, 1.82) is 0 Å². The average molecular weight is 1170 g/mol. The maximum absolute atomic E-state index is 13.3. The Hall–Kier alpha value is -3.35. The normalized spacial score (nSPS) is 24.6. The number of rotatable bonds is 51. The lowest BCUT2D eigenvalue weighted by Crippen LogP contribution is -2.65. The summed E-state index contributed by atoms with van der Waals surface area (Å²) in [5, 5.41) is 87.2. The largest absolute Gasteiger partial charge is 0.394 e. The topological polar surface area (TPSA) is 228 Å². The van der Waals surface area contributed by atoms with Crippen LogP contribution in [0.2, 0.25) is 0 Å². The van der Waals surface area contributed by atoms with Crippen LogP contribution in [0.4, 0.5) is 0 Å². The molecule has 2 rings (SSSR count). The van der Waals surface area contributed by atoms with E-state index in [4.69, 9.17) is 18.9 Å². The van der Waals surface area contributed by atoms with Crippen LogP contribution in [-0.4, -0.2) is 140 Å². The third kappa shape index (κ3) is 37.7. The summed E-state index contributed by atoms with van der Waals surface area (Å²) < 4.78 is 22.8. The van der Waals surface area contributed by atoms with E-state index >= 15 is 0 Å². The summed E-state index contributed by atoms with van der Waals surface area (Å²) in [5.74, 6) is -0.310. The minimum atomic E-state index is -1.80. The van der Waals surface area contributed by atoms with Crippen LogP contribution in [0.1, 0.15) is 226 Å². The van der Waals surface area contributed by atoms with Gasteiger partial charge >= 0.3 is 0 Å². The second-order valence-corrected chi connectivity index (χ2v) is 22.5. The Kier molecular flexibility index (Phi) is 48.3. The third-order valence-corrected chi connectivity index (χ3v) is 15.2. The Bertz CT molecular complexity index is 1810. The van der Waals surface area contributed by atoms with Crippen LogP contribution in [0, 0.1) is 0 Å². The first-order valence-corrected chi connectivity index (χ1v) is 32.6. The molecule has 0 saturated carbocycles. The molecule has 0 aromatic heterocycles. The smallest absolute Gasteiger partial charge is 0.220 e. The van der Waals surface area contributed by atoms with Gasteiger partial charge in [-0.15, -0.1) is 0 Å². The highest BCUT2D eigenvalue weighted by molar-refractivity contribution is 5.76. The van der Waals surface area contributed by atoms with E-state index in [-0.39, 0.29) is 18.9 Å². The molecule has 0 spiro atoms. The molecule has 2 saturated heterocycles. The van der Waals surface area contributed by atoms with E-state index in [0.29, 0.717) is 19.3 Å². The van der Waals surface area contributed by atoms with Gasteiger partial charge in [0.15, 0.2) is 12.6 Å². The number of amides is 1. The summed E-state index contributed by atoms with van der Waals surface area (Å²) >= 11 is 0. The zero-order chi connectivity index (χ0) is 60.2. The second kappa shape index (κ2) is 52.9. The van der Waals surface area contributed by atoms with Crippen molar-refractivity contribution in [3.63, 3.8) is 0 Å². The van der Waals surface area contributed by atoms with E-state index in [9.17, 15) is 45.6 Å². The molecule has 0 aromatic rings. The van der Waals surface area contributed by atoms with E-state index in [2.05, 4.69) is 110 Å². The molecule has 14 nitrogen and oxygen atoms in total. The Morgan fingerprint density at radius 2 is 0.843 bits per heavy atom. The van der Waals surface area contributed by atoms with Crippen LogP contribution < -0.4 is 5.32 Å². The fourth-order valence-electron chi connectivity index (χ4n) is 10.0. The van der Waals surface area contributed by atoms with Crippen LogP contribution in [0.25, 0.3) is 0 Å². The zero-order valence-corrected chi connectivity index (χ0v) is 51.4. The van der Waals surface area contributed by atoms with Gasteiger partial charge in [0.2, 0.25) is 5.91 Å². The fourth-order valence-corrected chi connectivity index (χ4v) is 10.0. The Morgan fingerprint density at radius 1 is 0.446 bits per heavy atom. The van der Waals surface area contributed by atoms with Gasteiger partial charge in [0.25, 0.3) is 0 Å². The Labute approximate surface area is 502 Å². The predicted octanol–water partition coefficient (Wildman–Crippen LogP) is 12.4. The van der Waals surface area contributed by atoms with Crippen molar-refractivity contribution in [2.24, 2.45) is 0 Å². The zero-order valence-electron chi connectivity index (χ0n) is 51.4. The Morgan fingerprint density at radius 3 is 1.33 bits per heavy atom. The lowest BCUT2D eigenvalue weighted by Gasteiger charge is -2.46. The number of allylic oxidation sites excluding steroid dienone is 17. The molecule has 0 radical (unpaired) electrons. The molecular formula is C69H117NO13. The van der Waals surface area contributed by atoms with Gasteiger partial charge in [-0.25, -0.2) is 0 Å². The van der Waals surface area contributed by atoms with E-state index in [0.717, 1.165) is 57.8 Å². The number of carbonyl (C=O) groups excluding carboxylic acids is 1. The van der Waals surface area contributed by atoms with Crippen molar-refractivity contribution < 1.29 is 64.6 Å². The lowest BCUT2D eigenvalue weighted by atomic mass is 9.97. The van der Waals surface area contributed by atoms with Crippen LogP contribution in [0.3, 0.4) is 0 Å². The first-order valence-electron chi connectivity index (χ1n) is 32.6. The van der Waals surface area contributed by atoms with Crippen molar-refractivity contribution in [1.82, 2.24) is 5.32 Å². The van der Waals surface area contributed by atoms with Crippen LogP contribution in [0.5, 0.6) is 0 Å². The molecule has 2 aliphatic rings. The molecule has 0 aliphatic carbocycles. The van der Waals surface area contributed by atoms with Gasteiger partial charge < -0.3 is 65.1 Å². The summed E-state index contributed by atoms with van der Waals surface area (Å²) in [6.07, 6.45) is 58.6. The van der Waals surface area contributed by atoms with E-state index in [1.54, 1.807) is 6.08 Å². The van der Waals surface area contributed by atoms with Crippen molar-refractivity contribution in [3.05, 3.63) is 109 Å². The molecule has 14 heteroatoms. The van der Waals surface area contributed by atoms with E-state index in [1.807, 2.05) is 12.2 Å². The molecule has 0 bridgehead atoms. The quantitative estimate of drug-likeness (QED) is 0.0204. The van der Waals surface area contributed by atoms with Gasteiger partial charge in [0.05, 0.1) is 32.0 Å². The Balaban J connectivity index is 1.78. The molecule has 0 aromatic carbocycles. The fraction of sp³-hybridized carbons (Fsp3) is 0.725. The molecule has 83 heavy (non-hydrogen) atoms. The van der Waals surface area contributed by atoms with Crippen molar-refractivity contribution >= 4 is 5.91 Å². The van der Waals surface area contributed by atoms with Gasteiger partial charge in [0, 0.05) is 6.42 Å². The van der Waals surface area contributed by atoms with Crippen molar-refractivity contribution in [2.45, 2.75) is 299 Å². The standard InChI is InChI=1S/C69H117NO13/c1-3-5-7-9-11-13-15-17-19-21-23-25-27-28-29-31-32-34-36-38-40-42-44-46-48-50-52-58(73)57(56-80-68-66(79)64(77)67(60(55-72)82-68)83-69-65(78)63(76)62(75)59(54-71)81-69)70-61(74)53-51-49-47-45-43-41-39-37-35-33-30-26-24-22-20-18-16-14-12-10-8-6-4-2/h6,8,12,14,18,20,24,26,33,35,39,41-42,44-45,47,50,52,57-60,62-69,71-73,75-79H,3-5,7,9-11,13,15-17,19,21-23,25,27-32,34,36-38,40,43,46,48-49,51,53-56H2,1-2H3,(H,70,74)/b8-6-,14-12-,20-18-,26-24-,35-33-,41-39-,44-42+,47-45-,52-50+. The molecule has 2 aliphatic heterocycles. The molecule has 476 valence electrons. The van der Waals surface area contributed by atoms with Gasteiger partial charge in [-0.1, -0.05) is 245 Å². The summed E-state index contributed by atoms with van der Waals surface area (Å²) in [5.41, 5.74) is 0. The number of carbonyl (C=O) groups is 1. The number of unbranched alkanes of at least 4 members (excludes halogenated alkanes) is 22. The van der Waals surface area contributed by atoms with Crippen LogP contribution >= 0.6 is 0 Å². The highest BCUT2D eigenvalue weighted by Gasteiger charge is 2.51. The van der Waals surface area contributed by atoms with Crippen LogP contribution in [-0.2, 0) is 23.7 Å². The molecule has 2 heterocycles. The molecule has 12 atom stereocenters. The minimum Gasteiger partial charge on any atom is -0.394 e. The number of nitrogens with one attached hydrogen (secondary N) is 1. The molecule has 12 unspecified atom stereocenters. The van der Waals surface area contributed by atoms with Crippen LogP contribution in [0.15, 0.2) is 109 Å². The van der Waals surface area contributed by atoms with Gasteiger partial charge in [-0.3, -0.25) is 4.79 Å². The van der Waals surface area contributed by atoms with Crippen molar-refractivity contribution in [2.75, 3.05) is 19.8 Å². The SMILES string of the molecule is CC/C=C\C/C=C\C/C=C\C/C=C\C/C=C\C/C=C\C/C=C\CCCC(=O)NC(COC1OC(CO)C(OC2OC(CO)C(O)C(O)C2O)C(O)C1O)C(O)/C=C/CC/C=C/CCCCCCCCCCCCCCCCCCCCCC. The predicted molar refractivity (Wildman–Crippen MR) is 336 cm³/mol. The number of hydrogen-bond donors (Lipinski definition) is 9. The van der Waals surface area contributed by atoms with Gasteiger partial charge in [-0.2, -0.15) is 0 Å². The first-order chi connectivity index (χ1) is 40.6. The number of aliphatic hydroxyl groups excluding tert-OH is 8. The van der Waals surface area contributed by atoms with E-state index in [1.165, 1.54) is 128 Å². The maximum atomic E-state index is 13.3. The molecule has 9 N–H and O–H groups in total. The maximum Gasteiger partial charge on any atom is 0.220 e. The minimum absolute atomic E-state index is 0.187. The summed E-state index contributed by atoms with van der Waals surface area (Å²) in [6, 6.07) is -0.972. The number of aliphatic hydroxyl groups is 8. The summed E-state index contributed by atoms with van der Waals surface area (Å²) in [4.78, 5) is 13.3. The monoisotopic (exact) mass is 1170 g/mol. The summed E-state index contributed by atoms with van der Waals surface area (Å²) in [6.45, 7) is 2.63. The first kappa shape index (κ1) is 75.7. The lowest BCUT2D eigenvalue weighted by molar-refractivity contribution is -0.359.